The molecular formula is C17H19N7O3. The molecule has 3 rings (SSSR count). The molecule has 0 aromatic carbocycles. The molecule has 140 valence electrons. The molecule has 1 fully saturated rings. The average Bonchev–Trinajstić information content (AvgIpc) is 3.11. The van der Waals surface area contributed by atoms with Crippen LogP contribution in [0.25, 0.3) is 0 Å². The summed E-state index contributed by atoms with van der Waals surface area (Å²) in [5.41, 5.74) is 0.309. The topological polar surface area (TPSA) is 137 Å². The monoisotopic (exact) mass is 369 g/mol. The molecular weight excluding hydrogens is 350 g/mol. The van der Waals surface area contributed by atoms with E-state index in [1.807, 2.05) is 11.0 Å². The zero-order valence-electron chi connectivity index (χ0n) is 14.8. The number of aryl methyl sites for hydroxylation is 1. The Labute approximate surface area is 155 Å². The zero-order valence-corrected chi connectivity index (χ0v) is 14.8. The van der Waals surface area contributed by atoms with Gasteiger partial charge in [-0.15, -0.1) is 0 Å². The number of carbonyl (C=O) groups is 2. The fourth-order valence-corrected chi connectivity index (χ4v) is 2.91. The molecule has 0 atom stereocenters. The molecule has 0 radical (unpaired) electrons. The van der Waals surface area contributed by atoms with E-state index in [1.165, 1.54) is 12.3 Å². The molecule has 10 heteroatoms. The lowest BCUT2D eigenvalue weighted by atomic mass is 9.96. The van der Waals surface area contributed by atoms with Crippen molar-refractivity contribution in [1.29, 1.82) is 5.26 Å². The van der Waals surface area contributed by atoms with Crippen molar-refractivity contribution in [1.82, 2.24) is 20.4 Å². The summed E-state index contributed by atoms with van der Waals surface area (Å²) in [7, 11) is 0. The minimum atomic E-state index is -0.779. The van der Waals surface area contributed by atoms with Crippen LogP contribution in [0.1, 0.15) is 24.3 Å². The highest BCUT2D eigenvalue weighted by atomic mass is 16.5. The van der Waals surface area contributed by atoms with Gasteiger partial charge in [0.15, 0.2) is 17.3 Å². The summed E-state index contributed by atoms with van der Waals surface area (Å²) < 4.78 is 4.83. The summed E-state index contributed by atoms with van der Waals surface area (Å²) in [5, 5.41) is 17.8. The third-order valence-corrected chi connectivity index (χ3v) is 4.33. The molecule has 2 N–H and O–H groups in total. The number of rotatable bonds is 4. The number of nitriles is 1. The number of amides is 2. The van der Waals surface area contributed by atoms with Crippen molar-refractivity contribution in [3.8, 4) is 6.07 Å². The number of anilines is 2. The predicted molar refractivity (Wildman–Crippen MR) is 94.6 cm³/mol. The maximum Gasteiger partial charge on any atom is 0.314 e. The molecule has 2 amide bonds. The molecule has 1 aliphatic heterocycles. The van der Waals surface area contributed by atoms with Crippen molar-refractivity contribution in [3.63, 3.8) is 0 Å². The fourth-order valence-electron chi connectivity index (χ4n) is 2.91. The Morgan fingerprint density at radius 2 is 2.04 bits per heavy atom. The standard InChI is InChI=1S/C17H19N7O3/c1-11-8-14(23-27-11)22-17(26)16(25)21-10-12-2-6-24(7-3-12)15-13(9-18)19-4-5-20-15/h4-5,8,12H,2-3,6-7,10H2,1H3,(H,21,25)(H,22,23,26). The molecule has 0 unspecified atom stereocenters. The van der Waals surface area contributed by atoms with Crippen LogP contribution in [0.3, 0.4) is 0 Å². The lowest BCUT2D eigenvalue weighted by molar-refractivity contribution is -0.136. The number of hydrogen-bond acceptors (Lipinski definition) is 8. The lowest BCUT2D eigenvalue weighted by Gasteiger charge is -2.32. The van der Waals surface area contributed by atoms with E-state index < -0.39 is 11.8 Å². The summed E-state index contributed by atoms with van der Waals surface area (Å²) in [4.78, 5) is 34.1. The second kappa shape index (κ2) is 8.27. The molecule has 2 aromatic rings. The van der Waals surface area contributed by atoms with E-state index in [0.29, 0.717) is 36.9 Å². The number of piperidine rings is 1. The Kier molecular flexibility index (Phi) is 5.61. The Hall–Kier alpha value is -3.48. The van der Waals surface area contributed by atoms with E-state index in [4.69, 9.17) is 9.78 Å². The minimum absolute atomic E-state index is 0.207. The van der Waals surface area contributed by atoms with Gasteiger partial charge in [0.25, 0.3) is 0 Å². The van der Waals surface area contributed by atoms with Gasteiger partial charge in [0, 0.05) is 38.1 Å². The molecule has 3 heterocycles. The highest BCUT2D eigenvalue weighted by Crippen LogP contribution is 2.22. The Balaban J connectivity index is 1.44. The third kappa shape index (κ3) is 4.58. The minimum Gasteiger partial charge on any atom is -0.360 e. The van der Waals surface area contributed by atoms with Crippen molar-refractivity contribution in [2.24, 2.45) is 5.92 Å². The maximum atomic E-state index is 11.9. The van der Waals surface area contributed by atoms with Crippen molar-refractivity contribution in [2.45, 2.75) is 19.8 Å². The van der Waals surface area contributed by atoms with Crippen LogP contribution in [-0.4, -0.2) is 46.6 Å². The van der Waals surface area contributed by atoms with Gasteiger partial charge in [-0.3, -0.25) is 14.9 Å². The van der Waals surface area contributed by atoms with Crippen molar-refractivity contribution >= 4 is 23.5 Å². The molecule has 0 bridgehead atoms. The molecule has 0 spiro atoms. The van der Waals surface area contributed by atoms with Gasteiger partial charge in [-0.25, -0.2) is 9.97 Å². The predicted octanol–water partition coefficient (Wildman–Crippen LogP) is 0.616. The quantitative estimate of drug-likeness (QED) is 0.748. The molecule has 27 heavy (non-hydrogen) atoms. The first-order chi connectivity index (χ1) is 13.1. The van der Waals surface area contributed by atoms with Gasteiger partial charge >= 0.3 is 11.8 Å². The SMILES string of the molecule is Cc1cc(NC(=O)C(=O)NCC2CCN(c3nccnc3C#N)CC2)no1. The molecule has 0 saturated carbocycles. The van der Waals surface area contributed by atoms with Gasteiger partial charge in [-0.05, 0) is 25.7 Å². The third-order valence-electron chi connectivity index (χ3n) is 4.33. The first kappa shape index (κ1) is 18.3. The van der Waals surface area contributed by atoms with Crippen LogP contribution in [0.15, 0.2) is 23.0 Å². The summed E-state index contributed by atoms with van der Waals surface area (Å²) in [6.45, 7) is 3.51. The zero-order chi connectivity index (χ0) is 19.2. The van der Waals surface area contributed by atoms with Crippen LogP contribution in [0.2, 0.25) is 0 Å². The summed E-state index contributed by atoms with van der Waals surface area (Å²) in [5.74, 6) is 0.0929. The van der Waals surface area contributed by atoms with Gasteiger partial charge in [-0.1, -0.05) is 5.16 Å². The lowest BCUT2D eigenvalue weighted by Crippen LogP contribution is -2.42. The summed E-state index contributed by atoms with van der Waals surface area (Å²) in [6.07, 6.45) is 4.69. The van der Waals surface area contributed by atoms with Gasteiger partial charge in [0.1, 0.15) is 11.8 Å². The summed E-state index contributed by atoms with van der Waals surface area (Å²) in [6, 6.07) is 3.58. The van der Waals surface area contributed by atoms with E-state index in [9.17, 15) is 9.59 Å². The normalized spacial score (nSPS) is 14.4. The highest BCUT2D eigenvalue weighted by molar-refractivity contribution is 6.39. The van der Waals surface area contributed by atoms with E-state index >= 15 is 0 Å². The molecule has 1 saturated heterocycles. The Morgan fingerprint density at radius 3 is 2.70 bits per heavy atom. The Morgan fingerprint density at radius 1 is 1.30 bits per heavy atom. The number of nitrogens with one attached hydrogen (secondary N) is 2. The molecule has 1 aliphatic rings. The van der Waals surface area contributed by atoms with Crippen LogP contribution in [0, 0.1) is 24.2 Å². The largest absolute Gasteiger partial charge is 0.360 e. The van der Waals surface area contributed by atoms with Crippen LogP contribution < -0.4 is 15.5 Å². The van der Waals surface area contributed by atoms with E-state index in [2.05, 4.69) is 25.8 Å². The second-order valence-corrected chi connectivity index (χ2v) is 6.26. The number of nitrogens with zero attached hydrogens (tertiary/aromatic N) is 5. The van der Waals surface area contributed by atoms with Crippen LogP contribution in [-0.2, 0) is 9.59 Å². The van der Waals surface area contributed by atoms with Crippen molar-refractivity contribution in [2.75, 3.05) is 29.9 Å². The highest BCUT2D eigenvalue weighted by Gasteiger charge is 2.24. The first-order valence-corrected chi connectivity index (χ1v) is 8.55. The number of hydrogen-bond donors (Lipinski definition) is 2. The van der Waals surface area contributed by atoms with Crippen molar-refractivity contribution < 1.29 is 14.1 Å². The Bertz CT molecular complexity index is 865. The van der Waals surface area contributed by atoms with Crippen LogP contribution >= 0.6 is 0 Å². The fraction of sp³-hybridized carbons (Fsp3) is 0.412. The van der Waals surface area contributed by atoms with Crippen LogP contribution in [0.4, 0.5) is 11.6 Å². The van der Waals surface area contributed by atoms with E-state index in [0.717, 1.165) is 12.8 Å². The maximum absolute atomic E-state index is 11.9. The molecule has 2 aromatic heterocycles. The van der Waals surface area contributed by atoms with Gasteiger partial charge < -0.3 is 14.7 Å². The van der Waals surface area contributed by atoms with Crippen molar-refractivity contribution in [3.05, 3.63) is 29.9 Å². The van der Waals surface area contributed by atoms with E-state index in [-0.39, 0.29) is 11.7 Å². The molecule has 10 nitrogen and oxygen atoms in total. The summed E-state index contributed by atoms with van der Waals surface area (Å²) >= 11 is 0. The van der Waals surface area contributed by atoms with Gasteiger partial charge in [0.2, 0.25) is 0 Å². The number of carbonyl (C=O) groups excluding carboxylic acids is 2. The first-order valence-electron chi connectivity index (χ1n) is 8.55. The average molecular weight is 369 g/mol. The molecule has 0 aliphatic carbocycles. The smallest absolute Gasteiger partial charge is 0.314 e. The van der Waals surface area contributed by atoms with Crippen LogP contribution in [0.5, 0.6) is 0 Å². The number of aromatic nitrogens is 3. The van der Waals surface area contributed by atoms with E-state index in [1.54, 1.807) is 13.1 Å². The second-order valence-electron chi connectivity index (χ2n) is 6.26. The van der Waals surface area contributed by atoms with Gasteiger partial charge in [-0.2, -0.15) is 5.26 Å². The van der Waals surface area contributed by atoms with Gasteiger partial charge in [0.05, 0.1) is 0 Å².